The maximum absolute atomic E-state index is 11.4. The Hall–Kier alpha value is -1.39. The van der Waals surface area contributed by atoms with E-state index in [4.69, 9.17) is 4.98 Å². The van der Waals surface area contributed by atoms with Crippen molar-refractivity contribution in [2.24, 2.45) is 5.41 Å². The first kappa shape index (κ1) is 19.9. The lowest BCUT2D eigenvalue weighted by Crippen LogP contribution is -2.54. The van der Waals surface area contributed by atoms with Crippen LogP contribution in [0.1, 0.15) is 54.2 Å². The molecule has 0 aliphatic carbocycles. The van der Waals surface area contributed by atoms with E-state index in [1.54, 1.807) is 0 Å². The molecule has 0 aliphatic rings. The lowest BCUT2D eigenvalue weighted by Gasteiger charge is -2.40. The second-order valence-electron chi connectivity index (χ2n) is 9.84. The third-order valence-electron chi connectivity index (χ3n) is 6.17. The van der Waals surface area contributed by atoms with Crippen LogP contribution in [-0.2, 0) is 5.60 Å². The Balaban J connectivity index is 2.82. The Morgan fingerprint density at radius 1 is 0.920 bits per heavy atom. The van der Waals surface area contributed by atoms with Gasteiger partial charge >= 0.3 is 0 Å². The van der Waals surface area contributed by atoms with E-state index in [1.807, 2.05) is 31.3 Å². The molecule has 0 radical (unpaired) electrons. The molecular formula is C21H34N2OSi. The van der Waals surface area contributed by atoms with Crippen molar-refractivity contribution in [2.45, 2.75) is 72.2 Å². The summed E-state index contributed by atoms with van der Waals surface area (Å²) in [6.07, 6.45) is 1.88. The topological polar surface area (TPSA) is 38.1 Å². The van der Waals surface area contributed by atoms with Crippen LogP contribution in [0.25, 0.3) is 5.69 Å². The highest BCUT2D eigenvalue weighted by molar-refractivity contribution is 6.91. The van der Waals surface area contributed by atoms with E-state index in [-0.39, 0.29) is 10.5 Å². The zero-order valence-electron chi connectivity index (χ0n) is 17.3. The van der Waals surface area contributed by atoms with Gasteiger partial charge in [-0.1, -0.05) is 72.8 Å². The summed E-state index contributed by atoms with van der Waals surface area (Å²) < 4.78 is 2.21. The normalized spacial score (nSPS) is 15.9. The van der Waals surface area contributed by atoms with E-state index in [0.717, 1.165) is 16.8 Å². The standard InChI is InChI=1S/C21H34N2OSi/c1-19(2,3)21(7,24)17-15-22-18(25(8,9)20(4,5)6)23(17)16-13-11-10-12-14-16/h10-15,24H,1-9H3. The predicted molar refractivity (Wildman–Crippen MR) is 109 cm³/mol. The van der Waals surface area contributed by atoms with Crippen LogP contribution in [0.2, 0.25) is 18.1 Å². The minimum Gasteiger partial charge on any atom is -0.383 e. The molecule has 0 spiro atoms. The first-order valence-corrected chi connectivity index (χ1v) is 12.1. The Morgan fingerprint density at radius 2 is 1.44 bits per heavy atom. The largest absolute Gasteiger partial charge is 0.383 e. The molecule has 0 aliphatic heterocycles. The van der Waals surface area contributed by atoms with Gasteiger partial charge in [0.1, 0.15) is 13.7 Å². The van der Waals surface area contributed by atoms with Gasteiger partial charge in [-0.25, -0.2) is 4.98 Å². The molecule has 0 bridgehead atoms. The van der Waals surface area contributed by atoms with Crippen LogP contribution < -0.4 is 5.45 Å². The zero-order valence-corrected chi connectivity index (χ0v) is 18.3. The van der Waals surface area contributed by atoms with Crippen molar-refractivity contribution in [3.05, 3.63) is 42.2 Å². The quantitative estimate of drug-likeness (QED) is 0.797. The number of para-hydroxylation sites is 1. The van der Waals surface area contributed by atoms with Gasteiger partial charge in [0.25, 0.3) is 0 Å². The molecule has 1 heterocycles. The molecule has 2 rings (SSSR count). The third-order valence-corrected chi connectivity index (χ3v) is 11.4. The fraction of sp³-hybridized carbons (Fsp3) is 0.571. The predicted octanol–water partition coefficient (Wildman–Crippen LogP) is 4.84. The molecule has 2 aromatic rings. The van der Waals surface area contributed by atoms with Gasteiger partial charge in [0, 0.05) is 5.69 Å². The summed E-state index contributed by atoms with van der Waals surface area (Å²) in [5, 5.41) is 11.6. The van der Waals surface area contributed by atoms with E-state index in [1.165, 1.54) is 0 Å². The maximum Gasteiger partial charge on any atom is 0.132 e. The number of imidazole rings is 1. The van der Waals surface area contributed by atoms with Gasteiger partial charge in [-0.3, -0.25) is 0 Å². The summed E-state index contributed by atoms with van der Waals surface area (Å²) in [7, 11) is -1.88. The zero-order chi connectivity index (χ0) is 19.3. The van der Waals surface area contributed by atoms with E-state index in [2.05, 4.69) is 71.3 Å². The molecule has 0 saturated heterocycles. The second kappa shape index (κ2) is 6.10. The molecule has 1 atom stereocenters. The van der Waals surface area contributed by atoms with Gasteiger partial charge in [0.2, 0.25) is 0 Å². The monoisotopic (exact) mass is 358 g/mol. The number of hydrogen-bond acceptors (Lipinski definition) is 2. The fourth-order valence-corrected chi connectivity index (χ4v) is 4.56. The van der Waals surface area contributed by atoms with E-state index >= 15 is 0 Å². The van der Waals surface area contributed by atoms with Crippen molar-refractivity contribution in [3.63, 3.8) is 0 Å². The van der Waals surface area contributed by atoms with Crippen molar-refractivity contribution in [2.75, 3.05) is 0 Å². The first-order valence-electron chi connectivity index (χ1n) is 9.08. The van der Waals surface area contributed by atoms with Crippen molar-refractivity contribution in [3.8, 4) is 5.69 Å². The second-order valence-corrected chi connectivity index (χ2v) is 15.0. The van der Waals surface area contributed by atoms with Gasteiger partial charge in [0.05, 0.1) is 17.3 Å². The van der Waals surface area contributed by atoms with Crippen molar-refractivity contribution in [1.82, 2.24) is 9.55 Å². The Labute approximate surface area is 154 Å². The summed E-state index contributed by atoms with van der Waals surface area (Å²) in [4.78, 5) is 4.88. The fourth-order valence-electron chi connectivity index (χ4n) is 2.69. The van der Waals surface area contributed by atoms with Crippen LogP contribution in [-0.4, -0.2) is 22.7 Å². The summed E-state index contributed by atoms with van der Waals surface area (Å²) in [6, 6.07) is 10.3. The summed E-state index contributed by atoms with van der Waals surface area (Å²) >= 11 is 0. The summed E-state index contributed by atoms with van der Waals surface area (Å²) in [5.74, 6) is 0. The van der Waals surface area contributed by atoms with Crippen LogP contribution in [0.15, 0.2) is 36.5 Å². The molecule has 1 unspecified atom stereocenters. The minimum atomic E-state index is -1.88. The maximum atomic E-state index is 11.4. The van der Waals surface area contributed by atoms with Gasteiger partial charge in [-0.2, -0.15) is 0 Å². The van der Waals surface area contributed by atoms with Crippen LogP contribution in [0.3, 0.4) is 0 Å². The highest BCUT2D eigenvalue weighted by Crippen LogP contribution is 2.41. The van der Waals surface area contributed by atoms with E-state index in [0.29, 0.717) is 0 Å². The Bertz CT molecular complexity index is 688. The van der Waals surface area contributed by atoms with Crippen LogP contribution in [0.5, 0.6) is 0 Å². The SMILES string of the molecule is CC(C)(C)C(C)(O)c1cnc([Si](C)(C)C(C)(C)C)n1-c1ccccc1. The number of aliphatic hydroxyl groups is 1. The van der Waals surface area contributed by atoms with Crippen LogP contribution in [0, 0.1) is 5.41 Å². The number of aromatic nitrogens is 2. The molecule has 4 heteroatoms. The third kappa shape index (κ3) is 3.34. The highest BCUT2D eigenvalue weighted by Gasteiger charge is 2.45. The molecule has 138 valence electrons. The lowest BCUT2D eigenvalue weighted by atomic mass is 9.76. The minimum absolute atomic E-state index is 0.162. The van der Waals surface area contributed by atoms with Gasteiger partial charge < -0.3 is 9.67 Å². The Kier molecular flexibility index (Phi) is 4.86. The number of nitrogens with zero attached hydrogens (tertiary/aromatic N) is 2. The lowest BCUT2D eigenvalue weighted by molar-refractivity contribution is -0.0518. The van der Waals surface area contributed by atoms with Crippen LogP contribution >= 0.6 is 0 Å². The van der Waals surface area contributed by atoms with Crippen molar-refractivity contribution in [1.29, 1.82) is 0 Å². The number of hydrogen-bond donors (Lipinski definition) is 1. The van der Waals surface area contributed by atoms with Crippen molar-refractivity contribution >= 4 is 13.5 Å². The molecule has 1 aromatic carbocycles. The molecule has 0 saturated carbocycles. The molecule has 1 aromatic heterocycles. The smallest absolute Gasteiger partial charge is 0.132 e. The summed E-state index contributed by atoms with van der Waals surface area (Å²) in [6.45, 7) is 19.7. The molecular weight excluding hydrogens is 324 g/mol. The summed E-state index contributed by atoms with van der Waals surface area (Å²) in [5.41, 5.74) is 1.76. The average Bonchev–Trinajstić information content (AvgIpc) is 2.91. The molecule has 3 nitrogen and oxygen atoms in total. The highest BCUT2D eigenvalue weighted by atomic mass is 28.3. The number of benzene rings is 1. The van der Waals surface area contributed by atoms with Crippen LogP contribution in [0.4, 0.5) is 0 Å². The Morgan fingerprint density at radius 3 is 1.88 bits per heavy atom. The van der Waals surface area contributed by atoms with Crippen molar-refractivity contribution < 1.29 is 5.11 Å². The number of rotatable bonds is 3. The molecule has 0 fully saturated rings. The average molecular weight is 359 g/mol. The van der Waals surface area contributed by atoms with Gasteiger partial charge in [0.15, 0.2) is 0 Å². The first-order chi connectivity index (χ1) is 11.2. The van der Waals surface area contributed by atoms with Gasteiger partial charge in [-0.15, -0.1) is 0 Å². The molecule has 0 amide bonds. The molecule has 1 N–H and O–H groups in total. The van der Waals surface area contributed by atoms with Gasteiger partial charge in [-0.05, 0) is 29.5 Å². The molecule has 25 heavy (non-hydrogen) atoms. The van der Waals surface area contributed by atoms with E-state index < -0.39 is 13.7 Å². The van der Waals surface area contributed by atoms with E-state index in [9.17, 15) is 5.11 Å².